The summed E-state index contributed by atoms with van der Waals surface area (Å²) in [4.78, 5) is 6.03. The van der Waals surface area contributed by atoms with Gasteiger partial charge in [-0.3, -0.25) is 0 Å². The standard InChI is InChI=1S/C17H24N2S2/c1-5-20-13-8-6-12(7-9-13)14(18)10-16-19-15(11-21-16)17(2,3)4/h6-9,11,14H,5,10,18H2,1-4H3. The summed E-state index contributed by atoms with van der Waals surface area (Å²) < 4.78 is 0. The SMILES string of the molecule is CCSc1ccc(C(N)Cc2nc(C(C)(C)C)cs2)cc1. The molecule has 4 heteroatoms. The topological polar surface area (TPSA) is 38.9 Å². The molecule has 0 aliphatic heterocycles. The van der Waals surface area contributed by atoms with Crippen LogP contribution in [0.1, 0.15) is 50.0 Å². The van der Waals surface area contributed by atoms with Crippen LogP contribution in [-0.4, -0.2) is 10.7 Å². The molecule has 2 rings (SSSR count). The Bertz CT molecular complexity index is 567. The van der Waals surface area contributed by atoms with Crippen molar-refractivity contribution in [2.45, 2.75) is 50.5 Å². The van der Waals surface area contributed by atoms with Crippen LogP contribution in [0.2, 0.25) is 0 Å². The van der Waals surface area contributed by atoms with E-state index < -0.39 is 0 Å². The highest BCUT2D eigenvalue weighted by molar-refractivity contribution is 7.99. The van der Waals surface area contributed by atoms with Gasteiger partial charge in [0.1, 0.15) is 0 Å². The lowest BCUT2D eigenvalue weighted by Gasteiger charge is -2.14. The van der Waals surface area contributed by atoms with Crippen LogP contribution in [0.25, 0.3) is 0 Å². The van der Waals surface area contributed by atoms with Crippen molar-refractivity contribution in [3.63, 3.8) is 0 Å². The van der Waals surface area contributed by atoms with Gasteiger partial charge in [0, 0.05) is 28.2 Å². The number of hydrogen-bond acceptors (Lipinski definition) is 4. The van der Waals surface area contributed by atoms with Gasteiger partial charge >= 0.3 is 0 Å². The molecule has 0 aliphatic carbocycles. The lowest BCUT2D eigenvalue weighted by Crippen LogP contribution is -2.14. The second kappa shape index (κ2) is 6.95. The molecule has 1 aromatic carbocycles. The van der Waals surface area contributed by atoms with E-state index in [1.807, 2.05) is 11.8 Å². The Morgan fingerprint density at radius 3 is 2.43 bits per heavy atom. The quantitative estimate of drug-likeness (QED) is 0.805. The molecule has 2 nitrogen and oxygen atoms in total. The molecule has 1 atom stereocenters. The number of benzene rings is 1. The second-order valence-corrected chi connectivity index (χ2v) is 8.47. The van der Waals surface area contributed by atoms with Crippen LogP contribution < -0.4 is 5.73 Å². The van der Waals surface area contributed by atoms with E-state index in [0.717, 1.165) is 22.9 Å². The van der Waals surface area contributed by atoms with E-state index in [4.69, 9.17) is 10.7 Å². The molecule has 0 bridgehead atoms. The Morgan fingerprint density at radius 2 is 1.90 bits per heavy atom. The minimum atomic E-state index is 0.0182. The third kappa shape index (κ3) is 4.56. The Kier molecular flexibility index (Phi) is 5.47. The average Bonchev–Trinajstić information content (AvgIpc) is 2.88. The highest BCUT2D eigenvalue weighted by Crippen LogP contribution is 2.27. The number of thiazole rings is 1. The maximum Gasteiger partial charge on any atom is 0.0947 e. The van der Waals surface area contributed by atoms with Gasteiger partial charge in [0.15, 0.2) is 0 Å². The number of hydrogen-bond donors (Lipinski definition) is 1. The van der Waals surface area contributed by atoms with Crippen molar-refractivity contribution in [1.82, 2.24) is 4.98 Å². The summed E-state index contributed by atoms with van der Waals surface area (Å²) in [6.45, 7) is 8.74. The van der Waals surface area contributed by atoms with Crippen molar-refractivity contribution < 1.29 is 0 Å². The first-order valence-corrected chi connectivity index (χ1v) is 9.20. The summed E-state index contributed by atoms with van der Waals surface area (Å²) in [7, 11) is 0. The number of thioether (sulfide) groups is 1. The highest BCUT2D eigenvalue weighted by atomic mass is 32.2. The van der Waals surface area contributed by atoms with Gasteiger partial charge in [-0.05, 0) is 23.4 Å². The minimum absolute atomic E-state index is 0.0182. The number of rotatable bonds is 5. The molecule has 21 heavy (non-hydrogen) atoms. The van der Waals surface area contributed by atoms with E-state index in [0.29, 0.717) is 0 Å². The molecule has 0 fully saturated rings. The molecule has 0 saturated heterocycles. The normalized spacial score (nSPS) is 13.4. The van der Waals surface area contributed by atoms with Gasteiger partial charge in [-0.15, -0.1) is 23.1 Å². The molecule has 1 unspecified atom stereocenters. The van der Waals surface area contributed by atoms with Crippen molar-refractivity contribution in [3.05, 3.63) is 45.9 Å². The molecule has 1 aromatic heterocycles. The predicted octanol–water partition coefficient (Wildman–Crippen LogP) is 4.80. The molecule has 1 heterocycles. The third-order valence-corrected chi connectivity index (χ3v) is 5.10. The smallest absolute Gasteiger partial charge is 0.0947 e. The Balaban J connectivity index is 2.03. The zero-order valence-electron chi connectivity index (χ0n) is 13.2. The Hall–Kier alpha value is -0.840. The van der Waals surface area contributed by atoms with Crippen LogP contribution in [0.5, 0.6) is 0 Å². The van der Waals surface area contributed by atoms with Crippen LogP contribution in [0.15, 0.2) is 34.5 Å². The van der Waals surface area contributed by atoms with Crippen LogP contribution in [-0.2, 0) is 11.8 Å². The fraction of sp³-hybridized carbons (Fsp3) is 0.471. The van der Waals surface area contributed by atoms with E-state index in [1.165, 1.54) is 10.5 Å². The monoisotopic (exact) mass is 320 g/mol. The van der Waals surface area contributed by atoms with Gasteiger partial charge in [0.05, 0.1) is 10.7 Å². The summed E-state index contributed by atoms with van der Waals surface area (Å²) >= 11 is 3.57. The first kappa shape index (κ1) is 16.5. The van der Waals surface area contributed by atoms with Gasteiger partial charge in [-0.1, -0.05) is 39.8 Å². The van der Waals surface area contributed by atoms with Gasteiger partial charge in [0.25, 0.3) is 0 Å². The van der Waals surface area contributed by atoms with Crippen LogP contribution >= 0.6 is 23.1 Å². The molecule has 0 radical (unpaired) electrons. The van der Waals surface area contributed by atoms with Crippen LogP contribution in [0.4, 0.5) is 0 Å². The predicted molar refractivity (Wildman–Crippen MR) is 94.3 cm³/mol. The maximum absolute atomic E-state index is 6.33. The lowest BCUT2D eigenvalue weighted by atomic mass is 9.93. The largest absolute Gasteiger partial charge is 0.324 e. The molecule has 114 valence electrons. The Labute approximate surface area is 136 Å². The summed E-state index contributed by atoms with van der Waals surface area (Å²) in [5.41, 5.74) is 8.78. The second-order valence-electron chi connectivity index (χ2n) is 6.19. The van der Waals surface area contributed by atoms with E-state index >= 15 is 0 Å². The molecular weight excluding hydrogens is 296 g/mol. The number of nitrogens with two attached hydrogens (primary N) is 1. The molecular formula is C17H24N2S2. The van der Waals surface area contributed by atoms with E-state index in [2.05, 4.69) is 57.3 Å². The van der Waals surface area contributed by atoms with Crippen LogP contribution in [0, 0.1) is 0 Å². The summed E-state index contributed by atoms with van der Waals surface area (Å²) in [6.07, 6.45) is 0.807. The molecule has 0 spiro atoms. The van der Waals surface area contributed by atoms with Crippen molar-refractivity contribution >= 4 is 23.1 Å². The van der Waals surface area contributed by atoms with Gasteiger partial charge in [-0.2, -0.15) is 0 Å². The zero-order valence-corrected chi connectivity index (χ0v) is 14.9. The van der Waals surface area contributed by atoms with Crippen LogP contribution in [0.3, 0.4) is 0 Å². The van der Waals surface area contributed by atoms with Crippen molar-refractivity contribution in [2.24, 2.45) is 5.73 Å². The summed E-state index contributed by atoms with van der Waals surface area (Å²) in [6, 6.07) is 8.61. The van der Waals surface area contributed by atoms with Crippen molar-refractivity contribution in [1.29, 1.82) is 0 Å². The maximum atomic E-state index is 6.33. The third-order valence-electron chi connectivity index (χ3n) is 3.33. The molecule has 0 aliphatic rings. The van der Waals surface area contributed by atoms with Crippen molar-refractivity contribution in [3.8, 4) is 0 Å². The fourth-order valence-electron chi connectivity index (χ4n) is 2.03. The minimum Gasteiger partial charge on any atom is -0.324 e. The summed E-state index contributed by atoms with van der Waals surface area (Å²) in [5, 5.41) is 3.28. The van der Waals surface area contributed by atoms with Gasteiger partial charge < -0.3 is 5.73 Å². The molecule has 0 amide bonds. The highest BCUT2D eigenvalue weighted by Gasteiger charge is 2.18. The number of nitrogens with zero attached hydrogens (tertiary/aromatic N) is 1. The first-order chi connectivity index (χ1) is 9.90. The summed E-state index contributed by atoms with van der Waals surface area (Å²) in [5.74, 6) is 1.10. The first-order valence-electron chi connectivity index (χ1n) is 7.33. The van der Waals surface area contributed by atoms with E-state index in [1.54, 1.807) is 11.3 Å². The van der Waals surface area contributed by atoms with Crippen molar-refractivity contribution in [2.75, 3.05) is 5.75 Å². The molecule has 0 saturated carbocycles. The van der Waals surface area contributed by atoms with E-state index in [-0.39, 0.29) is 11.5 Å². The van der Waals surface area contributed by atoms with Gasteiger partial charge in [0.2, 0.25) is 0 Å². The number of aromatic nitrogens is 1. The molecule has 2 N–H and O–H groups in total. The fourth-order valence-corrected chi connectivity index (χ4v) is 3.78. The van der Waals surface area contributed by atoms with E-state index in [9.17, 15) is 0 Å². The Morgan fingerprint density at radius 1 is 1.24 bits per heavy atom. The van der Waals surface area contributed by atoms with Gasteiger partial charge in [-0.25, -0.2) is 4.98 Å². The lowest BCUT2D eigenvalue weighted by molar-refractivity contribution is 0.569. The molecule has 2 aromatic rings. The zero-order chi connectivity index (χ0) is 15.5. The average molecular weight is 321 g/mol.